The highest BCUT2D eigenvalue weighted by Gasteiger charge is 2.41. The predicted molar refractivity (Wildman–Crippen MR) is 58.8 cm³/mol. The molecular weight excluding hydrogens is 176 g/mol. The van der Waals surface area contributed by atoms with Crippen LogP contribution in [0.3, 0.4) is 0 Å². The minimum atomic E-state index is 0.184. The van der Waals surface area contributed by atoms with Gasteiger partial charge in [0.15, 0.2) is 0 Å². The summed E-state index contributed by atoms with van der Waals surface area (Å²) in [4.78, 5) is 0. The van der Waals surface area contributed by atoms with E-state index in [1.807, 2.05) is 0 Å². The molecule has 2 atom stereocenters. The summed E-state index contributed by atoms with van der Waals surface area (Å²) in [5.74, 6) is 11.3. The molecule has 4 nitrogen and oxygen atoms in total. The van der Waals surface area contributed by atoms with Crippen LogP contribution in [-0.4, -0.2) is 17.7 Å². The maximum atomic E-state index is 5.82. The Kier molecular flexibility index (Phi) is 3.21. The lowest BCUT2D eigenvalue weighted by molar-refractivity contribution is 0.0185. The van der Waals surface area contributed by atoms with Crippen molar-refractivity contribution in [1.29, 1.82) is 0 Å². The third-order valence-electron chi connectivity index (χ3n) is 3.34. The van der Waals surface area contributed by atoms with E-state index in [2.05, 4.69) is 20.8 Å². The van der Waals surface area contributed by atoms with Crippen LogP contribution in [0.5, 0.6) is 0 Å². The Labute approximate surface area is 86.7 Å². The second kappa shape index (κ2) is 3.77. The van der Waals surface area contributed by atoms with E-state index in [0.29, 0.717) is 6.54 Å². The third-order valence-corrected chi connectivity index (χ3v) is 3.34. The SMILES string of the molecule is CC1(C)CC(N(N)N)CC(C)(CN)C1. The Balaban J connectivity index is 2.77. The average molecular weight is 200 g/mol. The van der Waals surface area contributed by atoms with Crippen molar-refractivity contribution >= 4 is 0 Å². The number of nitrogens with zero attached hydrogens (tertiary/aromatic N) is 1. The van der Waals surface area contributed by atoms with Gasteiger partial charge in [-0.05, 0) is 36.6 Å². The second-order valence-corrected chi connectivity index (χ2v) is 5.87. The van der Waals surface area contributed by atoms with E-state index in [0.717, 1.165) is 19.3 Å². The second-order valence-electron chi connectivity index (χ2n) is 5.87. The van der Waals surface area contributed by atoms with E-state index in [1.54, 1.807) is 0 Å². The molecule has 1 aliphatic carbocycles. The highest BCUT2D eigenvalue weighted by Crippen LogP contribution is 2.46. The third kappa shape index (κ3) is 2.67. The molecule has 0 saturated heterocycles. The van der Waals surface area contributed by atoms with Gasteiger partial charge in [0.05, 0.1) is 0 Å². The molecule has 0 aromatic carbocycles. The van der Waals surface area contributed by atoms with Gasteiger partial charge in [0.25, 0.3) is 0 Å². The van der Waals surface area contributed by atoms with Crippen LogP contribution in [0, 0.1) is 10.8 Å². The van der Waals surface area contributed by atoms with Crippen molar-refractivity contribution in [3.8, 4) is 0 Å². The first-order chi connectivity index (χ1) is 6.28. The molecule has 0 aromatic rings. The quantitative estimate of drug-likeness (QED) is 0.450. The van der Waals surface area contributed by atoms with Gasteiger partial charge in [-0.3, -0.25) is 11.7 Å². The van der Waals surface area contributed by atoms with Gasteiger partial charge in [-0.15, -0.1) is 0 Å². The van der Waals surface area contributed by atoms with Gasteiger partial charge in [-0.25, -0.2) is 0 Å². The molecule has 0 heterocycles. The summed E-state index contributed by atoms with van der Waals surface area (Å²) in [5, 5.41) is 1.36. The molecule has 1 fully saturated rings. The van der Waals surface area contributed by atoms with Crippen LogP contribution >= 0.6 is 0 Å². The van der Waals surface area contributed by atoms with Crippen LogP contribution in [0.15, 0.2) is 0 Å². The van der Waals surface area contributed by atoms with E-state index in [-0.39, 0.29) is 16.9 Å². The maximum absolute atomic E-state index is 5.82. The van der Waals surface area contributed by atoms with Gasteiger partial charge < -0.3 is 5.73 Å². The van der Waals surface area contributed by atoms with Gasteiger partial charge >= 0.3 is 0 Å². The first-order valence-electron chi connectivity index (χ1n) is 5.27. The number of hydrogen-bond acceptors (Lipinski definition) is 4. The highest BCUT2D eigenvalue weighted by molar-refractivity contribution is 4.94. The summed E-state index contributed by atoms with van der Waals surface area (Å²) >= 11 is 0. The van der Waals surface area contributed by atoms with Crippen LogP contribution in [0.1, 0.15) is 40.0 Å². The number of rotatable bonds is 2. The molecule has 14 heavy (non-hydrogen) atoms. The van der Waals surface area contributed by atoms with Crippen molar-refractivity contribution in [3.63, 3.8) is 0 Å². The normalized spacial score (nSPS) is 37.5. The molecule has 0 amide bonds. The Morgan fingerprint density at radius 1 is 1.21 bits per heavy atom. The largest absolute Gasteiger partial charge is 0.330 e. The van der Waals surface area contributed by atoms with Crippen molar-refractivity contribution < 1.29 is 0 Å². The molecule has 1 saturated carbocycles. The van der Waals surface area contributed by atoms with Crippen molar-refractivity contribution in [2.45, 2.75) is 46.1 Å². The van der Waals surface area contributed by atoms with Gasteiger partial charge in [0.2, 0.25) is 0 Å². The van der Waals surface area contributed by atoms with Crippen molar-refractivity contribution in [1.82, 2.24) is 5.12 Å². The van der Waals surface area contributed by atoms with E-state index >= 15 is 0 Å². The summed E-state index contributed by atoms with van der Waals surface area (Å²) in [5.41, 5.74) is 6.29. The molecule has 6 N–H and O–H groups in total. The molecule has 0 bridgehead atoms. The van der Waals surface area contributed by atoms with E-state index in [4.69, 9.17) is 17.4 Å². The summed E-state index contributed by atoms with van der Waals surface area (Å²) in [6, 6.07) is 0.257. The van der Waals surface area contributed by atoms with E-state index in [9.17, 15) is 0 Å². The molecule has 0 radical (unpaired) electrons. The predicted octanol–water partition coefficient (Wildman–Crippen LogP) is 0.580. The maximum Gasteiger partial charge on any atom is 0.0405 e. The first kappa shape index (κ1) is 11.9. The molecule has 0 aliphatic heterocycles. The van der Waals surface area contributed by atoms with Crippen molar-refractivity contribution in [2.75, 3.05) is 6.54 Å². The van der Waals surface area contributed by atoms with Gasteiger partial charge in [0, 0.05) is 6.04 Å². The summed E-state index contributed by atoms with van der Waals surface area (Å²) in [6.07, 6.45) is 3.20. The minimum Gasteiger partial charge on any atom is -0.330 e. The standard InChI is InChI=1S/C10H24N4/c1-9(2)4-8(14(12)13)5-10(3,6-9)7-11/h8H,4-7,11-13H2,1-3H3. The van der Waals surface area contributed by atoms with Gasteiger partial charge in [-0.2, -0.15) is 5.12 Å². The Morgan fingerprint density at radius 2 is 1.79 bits per heavy atom. The molecule has 2 unspecified atom stereocenters. The molecule has 0 aromatic heterocycles. The molecule has 1 aliphatic rings. The van der Waals surface area contributed by atoms with Crippen LogP contribution in [-0.2, 0) is 0 Å². The Hall–Kier alpha value is -0.160. The van der Waals surface area contributed by atoms with Crippen LogP contribution in [0.4, 0.5) is 0 Å². The molecular formula is C10H24N4. The zero-order valence-corrected chi connectivity index (χ0v) is 9.59. The van der Waals surface area contributed by atoms with Crippen molar-refractivity contribution in [2.24, 2.45) is 28.2 Å². The van der Waals surface area contributed by atoms with Crippen LogP contribution in [0.2, 0.25) is 0 Å². The van der Waals surface area contributed by atoms with E-state index < -0.39 is 0 Å². The molecule has 84 valence electrons. The smallest absolute Gasteiger partial charge is 0.0405 e. The summed E-state index contributed by atoms with van der Waals surface area (Å²) < 4.78 is 0. The van der Waals surface area contributed by atoms with Crippen LogP contribution in [0.25, 0.3) is 0 Å². The zero-order valence-electron chi connectivity index (χ0n) is 9.59. The average Bonchev–Trinajstić information content (AvgIpc) is 2.01. The lowest BCUT2D eigenvalue weighted by atomic mass is 9.63. The highest BCUT2D eigenvalue weighted by atomic mass is 15.6. The molecule has 4 heteroatoms. The molecule has 1 rings (SSSR count). The molecule has 0 spiro atoms. The number of nitrogens with two attached hydrogens (primary N) is 3. The fourth-order valence-corrected chi connectivity index (χ4v) is 2.94. The summed E-state index contributed by atoms with van der Waals surface area (Å²) in [6.45, 7) is 7.46. The fourth-order valence-electron chi connectivity index (χ4n) is 2.94. The fraction of sp³-hybridized carbons (Fsp3) is 1.00. The summed E-state index contributed by atoms with van der Waals surface area (Å²) in [7, 11) is 0. The number of hydrazine groups is 2. The zero-order chi connectivity index (χ0) is 11.0. The monoisotopic (exact) mass is 200 g/mol. The van der Waals surface area contributed by atoms with E-state index in [1.165, 1.54) is 5.12 Å². The lowest BCUT2D eigenvalue weighted by Crippen LogP contribution is -2.54. The Morgan fingerprint density at radius 3 is 2.21 bits per heavy atom. The number of hydrogen-bond donors (Lipinski definition) is 3. The first-order valence-corrected chi connectivity index (χ1v) is 5.27. The topological polar surface area (TPSA) is 81.3 Å². The lowest BCUT2D eigenvalue weighted by Gasteiger charge is -2.47. The van der Waals surface area contributed by atoms with Gasteiger partial charge in [0.1, 0.15) is 0 Å². The van der Waals surface area contributed by atoms with Gasteiger partial charge in [-0.1, -0.05) is 20.8 Å². The van der Waals surface area contributed by atoms with Crippen molar-refractivity contribution in [3.05, 3.63) is 0 Å². The Bertz CT molecular complexity index is 202. The van der Waals surface area contributed by atoms with Crippen LogP contribution < -0.4 is 17.4 Å². The minimum absolute atomic E-state index is 0.184.